The van der Waals surface area contributed by atoms with Gasteiger partial charge in [-0.1, -0.05) is 19.9 Å². The summed E-state index contributed by atoms with van der Waals surface area (Å²) in [6.07, 6.45) is 2.86. The van der Waals surface area contributed by atoms with E-state index in [0.29, 0.717) is 47.6 Å². The lowest BCUT2D eigenvalue weighted by Crippen LogP contribution is -2.54. The number of aromatic nitrogens is 2. The number of nitrogens with zero attached hydrogens (tertiary/aromatic N) is 5. The molecule has 4 aliphatic heterocycles. The van der Waals surface area contributed by atoms with Crippen LogP contribution in [0.5, 0.6) is 5.75 Å². The van der Waals surface area contributed by atoms with Crippen LogP contribution in [0.1, 0.15) is 55.4 Å². The molecule has 2 saturated heterocycles. The fraction of sp³-hybridized carbons (Fsp3) is 0.484. The minimum Gasteiger partial charge on any atom is -0.458 e. The number of ether oxygens (including phenoxy) is 2. The fourth-order valence-corrected chi connectivity index (χ4v) is 6.78. The molecule has 11 nitrogen and oxygen atoms in total. The molecular weight excluding hydrogens is 538 g/mol. The Morgan fingerprint density at radius 2 is 1.79 bits per heavy atom. The molecule has 2 aromatic heterocycles. The third kappa shape index (κ3) is 4.13. The molecule has 4 aliphatic rings. The van der Waals surface area contributed by atoms with Crippen LogP contribution in [0.2, 0.25) is 0 Å². The van der Waals surface area contributed by atoms with Crippen LogP contribution in [0.4, 0.5) is 4.79 Å². The summed E-state index contributed by atoms with van der Waals surface area (Å²) >= 11 is 0. The van der Waals surface area contributed by atoms with E-state index in [9.17, 15) is 19.5 Å². The van der Waals surface area contributed by atoms with E-state index in [0.717, 1.165) is 37.3 Å². The zero-order valence-electron chi connectivity index (χ0n) is 24.0. The zero-order chi connectivity index (χ0) is 29.2. The van der Waals surface area contributed by atoms with Crippen molar-refractivity contribution in [2.24, 2.45) is 0 Å². The van der Waals surface area contributed by atoms with E-state index in [2.05, 4.69) is 10.0 Å². The summed E-state index contributed by atoms with van der Waals surface area (Å²) in [7, 11) is 0. The van der Waals surface area contributed by atoms with E-state index in [1.54, 1.807) is 22.5 Å². The number of cyclic esters (lactones) is 1. The highest BCUT2D eigenvalue weighted by atomic mass is 16.6. The Labute approximate surface area is 243 Å². The Hall–Kier alpha value is -3.80. The van der Waals surface area contributed by atoms with Crippen LogP contribution in [0, 0.1) is 0 Å². The number of benzene rings is 1. The predicted molar refractivity (Wildman–Crippen MR) is 154 cm³/mol. The van der Waals surface area contributed by atoms with Crippen molar-refractivity contribution in [3.8, 4) is 17.1 Å². The van der Waals surface area contributed by atoms with E-state index in [1.165, 1.54) is 12.8 Å². The van der Waals surface area contributed by atoms with Crippen LogP contribution >= 0.6 is 0 Å². The second kappa shape index (κ2) is 10.2. The quantitative estimate of drug-likeness (QED) is 0.368. The standard InChI is InChI=1S/C31H35N5O6/c1-3-19-7-8-25(42-30(39)33-11-13-35(14-12-33)34-9-5-6-10-34)21-15-20-17-36-24(27(20)32-26(19)21)16-23-22(28(36)37)18-41-29(38)31(23,40)4-2/h7-8,15-16,40H,3-6,9-14,17-18H2,1-2H3. The number of pyridine rings is 2. The Morgan fingerprint density at radius 1 is 1.05 bits per heavy atom. The van der Waals surface area contributed by atoms with Gasteiger partial charge in [0.05, 0.1) is 29.0 Å². The second-order valence-corrected chi connectivity index (χ2v) is 11.5. The summed E-state index contributed by atoms with van der Waals surface area (Å²) in [5, 5.41) is 16.6. The third-order valence-corrected chi connectivity index (χ3v) is 9.30. The molecule has 1 N–H and O–H groups in total. The SMILES string of the molecule is CCc1ccc(OC(=O)N2CCN(N3CCCC3)CC2)c2cc3c(nc12)-c1cc2c(c(=O)n1C3)COC(=O)C2(O)CC. The van der Waals surface area contributed by atoms with E-state index in [4.69, 9.17) is 14.5 Å². The molecule has 0 radical (unpaired) electrons. The monoisotopic (exact) mass is 573 g/mol. The van der Waals surface area contributed by atoms with Crippen LogP contribution in [0.25, 0.3) is 22.3 Å². The average molecular weight is 574 g/mol. The smallest absolute Gasteiger partial charge is 0.415 e. The molecule has 42 heavy (non-hydrogen) atoms. The van der Waals surface area contributed by atoms with Crippen LogP contribution in [0.3, 0.4) is 0 Å². The fourth-order valence-electron chi connectivity index (χ4n) is 6.78. The molecule has 11 heteroatoms. The van der Waals surface area contributed by atoms with Gasteiger partial charge in [0.2, 0.25) is 0 Å². The molecule has 0 spiro atoms. The molecule has 1 aromatic carbocycles. The number of amides is 1. The van der Waals surface area contributed by atoms with Crippen molar-refractivity contribution in [3.63, 3.8) is 0 Å². The van der Waals surface area contributed by atoms with Crippen LogP contribution < -0.4 is 10.3 Å². The first-order valence-electron chi connectivity index (χ1n) is 14.9. The van der Waals surface area contributed by atoms with Gasteiger partial charge in [-0.3, -0.25) is 4.79 Å². The van der Waals surface area contributed by atoms with Gasteiger partial charge in [0.25, 0.3) is 5.56 Å². The number of esters is 1. The van der Waals surface area contributed by atoms with Gasteiger partial charge in [0.15, 0.2) is 5.60 Å². The predicted octanol–water partition coefficient (Wildman–Crippen LogP) is 2.77. The number of piperazine rings is 1. The minimum absolute atomic E-state index is 0.0851. The molecule has 0 saturated carbocycles. The summed E-state index contributed by atoms with van der Waals surface area (Å²) in [6, 6.07) is 7.41. The van der Waals surface area contributed by atoms with E-state index >= 15 is 0 Å². The number of aryl methyl sites for hydroxylation is 1. The van der Waals surface area contributed by atoms with Crippen molar-refractivity contribution >= 4 is 23.0 Å². The third-order valence-electron chi connectivity index (χ3n) is 9.30. The maximum atomic E-state index is 13.5. The van der Waals surface area contributed by atoms with Gasteiger partial charge in [0, 0.05) is 55.8 Å². The lowest BCUT2D eigenvalue weighted by Gasteiger charge is -2.38. The highest BCUT2D eigenvalue weighted by Crippen LogP contribution is 2.40. The van der Waals surface area contributed by atoms with Crippen molar-refractivity contribution in [2.75, 3.05) is 39.3 Å². The Kier molecular flexibility index (Phi) is 6.56. The van der Waals surface area contributed by atoms with E-state index in [1.807, 2.05) is 25.1 Å². The summed E-state index contributed by atoms with van der Waals surface area (Å²) < 4.78 is 12.8. The van der Waals surface area contributed by atoms with Crippen molar-refractivity contribution in [1.82, 2.24) is 24.5 Å². The number of carbonyl (C=O) groups is 2. The number of rotatable bonds is 4. The molecule has 6 heterocycles. The van der Waals surface area contributed by atoms with Crippen molar-refractivity contribution in [1.29, 1.82) is 0 Å². The number of hydrogen-bond acceptors (Lipinski definition) is 9. The first kappa shape index (κ1) is 27.1. The molecular formula is C31H35N5O6. The zero-order valence-corrected chi connectivity index (χ0v) is 24.0. The molecule has 220 valence electrons. The maximum absolute atomic E-state index is 13.5. The van der Waals surface area contributed by atoms with Crippen LogP contribution in [-0.4, -0.2) is 80.9 Å². The largest absolute Gasteiger partial charge is 0.458 e. The molecule has 1 unspecified atom stereocenters. The second-order valence-electron chi connectivity index (χ2n) is 11.5. The Bertz CT molecular complexity index is 1670. The number of aliphatic hydroxyl groups is 1. The summed E-state index contributed by atoms with van der Waals surface area (Å²) in [5.74, 6) is -0.310. The summed E-state index contributed by atoms with van der Waals surface area (Å²) in [5.41, 5.74) is 2.05. The van der Waals surface area contributed by atoms with E-state index in [-0.39, 0.29) is 42.4 Å². The number of fused-ring (bicyclic) bond motifs is 5. The van der Waals surface area contributed by atoms with Gasteiger partial charge < -0.3 is 24.0 Å². The summed E-state index contributed by atoms with van der Waals surface area (Å²) in [4.78, 5) is 46.1. The highest BCUT2D eigenvalue weighted by molar-refractivity contribution is 5.93. The first-order valence-corrected chi connectivity index (χ1v) is 14.9. The first-order chi connectivity index (χ1) is 20.3. The van der Waals surface area contributed by atoms with Crippen molar-refractivity contribution < 1.29 is 24.2 Å². The summed E-state index contributed by atoms with van der Waals surface area (Å²) in [6.45, 7) is 8.79. The van der Waals surface area contributed by atoms with Gasteiger partial charge in [-0.2, -0.15) is 0 Å². The van der Waals surface area contributed by atoms with Crippen molar-refractivity contribution in [3.05, 3.63) is 56.9 Å². The Balaban J connectivity index is 1.22. The van der Waals surface area contributed by atoms with E-state index < -0.39 is 11.6 Å². The molecule has 1 atom stereocenters. The molecule has 0 aliphatic carbocycles. The maximum Gasteiger partial charge on any atom is 0.415 e. The van der Waals surface area contributed by atoms with Crippen molar-refractivity contribution in [2.45, 2.75) is 58.3 Å². The van der Waals surface area contributed by atoms with Gasteiger partial charge in [-0.05, 0) is 49.4 Å². The van der Waals surface area contributed by atoms with Crippen LogP contribution in [0.15, 0.2) is 29.1 Å². The number of hydrogen-bond donors (Lipinski definition) is 1. The average Bonchev–Trinajstić information content (AvgIpc) is 3.67. The Morgan fingerprint density at radius 3 is 2.50 bits per heavy atom. The van der Waals surface area contributed by atoms with Gasteiger partial charge in [-0.15, -0.1) is 0 Å². The normalized spacial score (nSPS) is 22.2. The lowest BCUT2D eigenvalue weighted by atomic mass is 9.86. The molecule has 2 fully saturated rings. The highest BCUT2D eigenvalue weighted by Gasteiger charge is 2.45. The van der Waals surface area contributed by atoms with Gasteiger partial charge in [-0.25, -0.2) is 24.6 Å². The van der Waals surface area contributed by atoms with Crippen LogP contribution in [-0.2, 0) is 34.7 Å². The van der Waals surface area contributed by atoms with Gasteiger partial charge in [0.1, 0.15) is 12.4 Å². The lowest BCUT2D eigenvalue weighted by molar-refractivity contribution is -0.172. The molecule has 1 amide bonds. The number of carbonyl (C=O) groups excluding carboxylic acids is 2. The molecule has 7 rings (SSSR count). The van der Waals surface area contributed by atoms with Gasteiger partial charge >= 0.3 is 12.1 Å². The minimum atomic E-state index is -1.88. The molecule has 3 aromatic rings. The number of hydrazine groups is 1. The molecule has 0 bridgehead atoms. The topological polar surface area (TPSA) is 117 Å².